The summed E-state index contributed by atoms with van der Waals surface area (Å²) < 4.78 is 0. The van der Waals surface area contributed by atoms with Crippen LogP contribution >= 0.6 is 0 Å². The van der Waals surface area contributed by atoms with Gasteiger partial charge in [-0.1, -0.05) is 78.9 Å². The summed E-state index contributed by atoms with van der Waals surface area (Å²) in [7, 11) is 5.94. The molecule has 0 saturated carbocycles. The zero-order chi connectivity index (χ0) is 35.0. The van der Waals surface area contributed by atoms with Gasteiger partial charge in [-0.25, -0.2) is 0 Å². The van der Waals surface area contributed by atoms with Crippen LogP contribution in [0.15, 0.2) is 164 Å². The zero-order valence-corrected chi connectivity index (χ0v) is 29.0. The second-order valence-electron chi connectivity index (χ2n) is 12.3. The first-order valence-electron chi connectivity index (χ1n) is 16.9. The van der Waals surface area contributed by atoms with Crippen LogP contribution < -0.4 is 25.3 Å². The maximum atomic E-state index is 4.98. The van der Waals surface area contributed by atoms with Gasteiger partial charge in [-0.2, -0.15) is 15.0 Å². The van der Waals surface area contributed by atoms with Gasteiger partial charge >= 0.3 is 0 Å². The van der Waals surface area contributed by atoms with E-state index in [-0.39, 0.29) is 0 Å². The molecule has 1 aromatic heterocycles. The molecule has 0 saturated heterocycles. The van der Waals surface area contributed by atoms with Crippen LogP contribution in [0, 0.1) is 0 Å². The lowest BCUT2D eigenvalue weighted by atomic mass is 10.0. The highest BCUT2D eigenvalue weighted by Gasteiger charge is 2.19. The van der Waals surface area contributed by atoms with Crippen molar-refractivity contribution in [1.82, 2.24) is 15.0 Å². The highest BCUT2D eigenvalue weighted by molar-refractivity contribution is 5.69. The van der Waals surface area contributed by atoms with Crippen LogP contribution in [-0.2, 0) is 6.42 Å². The quantitative estimate of drug-likeness (QED) is 0.133. The number of nitrogens with one attached hydrogen (secondary N) is 2. The Morgan fingerprint density at radius 2 is 0.647 bits per heavy atom. The van der Waals surface area contributed by atoms with Crippen molar-refractivity contribution in [2.24, 2.45) is 0 Å². The summed E-state index contributed by atoms with van der Waals surface area (Å²) in [5.41, 5.74) is 9.46. The second kappa shape index (κ2) is 15.3. The molecular formula is C43H40N8. The monoisotopic (exact) mass is 668 g/mol. The maximum absolute atomic E-state index is 4.98. The summed E-state index contributed by atoms with van der Waals surface area (Å²) in [4.78, 5) is 20.9. The van der Waals surface area contributed by atoms with Gasteiger partial charge in [-0.05, 0) is 102 Å². The van der Waals surface area contributed by atoms with Crippen LogP contribution in [0.1, 0.15) is 11.1 Å². The second-order valence-corrected chi connectivity index (χ2v) is 12.3. The normalized spacial score (nSPS) is 10.7. The Morgan fingerprint density at radius 1 is 0.353 bits per heavy atom. The van der Waals surface area contributed by atoms with Gasteiger partial charge in [0.25, 0.3) is 0 Å². The van der Waals surface area contributed by atoms with E-state index in [1.807, 2.05) is 103 Å². The molecule has 0 bridgehead atoms. The summed E-state index contributed by atoms with van der Waals surface area (Å²) in [5.74, 6) is 1.59. The fourth-order valence-corrected chi connectivity index (χ4v) is 5.72. The SMILES string of the molecule is CN(c1ccc(Cc2ccccc2)cc1)c1nc(N(C)c2ccc(Nc3ccccc3)cc2)nc(N(C)c2ccc(Nc3ccccc3)cc2)n1. The van der Waals surface area contributed by atoms with Crippen molar-refractivity contribution in [3.63, 3.8) is 0 Å². The van der Waals surface area contributed by atoms with Crippen LogP contribution in [0.25, 0.3) is 0 Å². The molecule has 0 aliphatic rings. The molecule has 2 N–H and O–H groups in total. The first-order chi connectivity index (χ1) is 25.0. The van der Waals surface area contributed by atoms with E-state index in [9.17, 15) is 0 Å². The number of nitrogens with zero attached hydrogens (tertiary/aromatic N) is 6. The molecule has 51 heavy (non-hydrogen) atoms. The van der Waals surface area contributed by atoms with Crippen molar-refractivity contribution in [3.05, 3.63) is 175 Å². The molecule has 1 heterocycles. The molecule has 0 aliphatic heterocycles. The Balaban J connectivity index is 1.17. The molecule has 0 spiro atoms. The fourth-order valence-electron chi connectivity index (χ4n) is 5.72. The Labute approximate surface area is 299 Å². The zero-order valence-electron chi connectivity index (χ0n) is 29.0. The average Bonchev–Trinajstić information content (AvgIpc) is 3.19. The van der Waals surface area contributed by atoms with Crippen LogP contribution in [0.3, 0.4) is 0 Å². The van der Waals surface area contributed by atoms with Crippen molar-refractivity contribution in [2.45, 2.75) is 6.42 Å². The van der Waals surface area contributed by atoms with E-state index < -0.39 is 0 Å². The minimum atomic E-state index is 0.528. The van der Waals surface area contributed by atoms with Crippen LogP contribution in [0.5, 0.6) is 0 Å². The van der Waals surface area contributed by atoms with E-state index >= 15 is 0 Å². The average molecular weight is 669 g/mol. The van der Waals surface area contributed by atoms with Gasteiger partial charge in [0.2, 0.25) is 17.8 Å². The number of anilines is 10. The minimum Gasteiger partial charge on any atom is -0.356 e. The Morgan fingerprint density at radius 3 is 1.02 bits per heavy atom. The summed E-state index contributed by atoms with van der Waals surface area (Å²) in [6.07, 6.45) is 0.875. The van der Waals surface area contributed by atoms with Crippen molar-refractivity contribution in [2.75, 3.05) is 46.5 Å². The summed E-state index contributed by atoms with van der Waals surface area (Å²) in [5, 5.41) is 6.90. The molecule has 7 aromatic rings. The summed E-state index contributed by atoms with van der Waals surface area (Å²) >= 11 is 0. The van der Waals surface area contributed by atoms with E-state index in [4.69, 9.17) is 15.0 Å². The van der Waals surface area contributed by atoms with Crippen molar-refractivity contribution in [3.8, 4) is 0 Å². The Kier molecular flexibility index (Phi) is 9.83. The first-order valence-corrected chi connectivity index (χ1v) is 16.9. The molecule has 0 radical (unpaired) electrons. The molecule has 0 atom stereocenters. The molecule has 7 rings (SSSR count). The van der Waals surface area contributed by atoms with Crippen LogP contribution in [0.4, 0.5) is 57.7 Å². The van der Waals surface area contributed by atoms with Gasteiger partial charge in [0.05, 0.1) is 0 Å². The highest BCUT2D eigenvalue weighted by atomic mass is 15.4. The lowest BCUT2D eigenvalue weighted by molar-refractivity contribution is 0.926. The van der Waals surface area contributed by atoms with E-state index in [0.29, 0.717) is 17.8 Å². The third-order valence-corrected chi connectivity index (χ3v) is 8.71. The summed E-state index contributed by atoms with van der Waals surface area (Å²) in [6.45, 7) is 0. The molecule has 8 nitrogen and oxygen atoms in total. The van der Waals surface area contributed by atoms with E-state index in [1.54, 1.807) is 0 Å². The van der Waals surface area contributed by atoms with Gasteiger partial charge < -0.3 is 25.3 Å². The molecule has 8 heteroatoms. The standard InChI is InChI=1S/C43H40N8/c1-49(38-25-19-33(20-26-38)31-32-13-7-4-8-14-32)41-46-42(50(2)39-27-21-36(22-28-39)44-34-15-9-5-10-16-34)48-43(47-41)51(3)40-29-23-37(24-30-40)45-35-17-11-6-12-18-35/h4-30,44-45H,31H2,1-3H3. The molecular weight excluding hydrogens is 629 g/mol. The number of para-hydroxylation sites is 2. The topological polar surface area (TPSA) is 72.5 Å². The van der Waals surface area contributed by atoms with E-state index in [2.05, 4.69) is 108 Å². The van der Waals surface area contributed by atoms with Gasteiger partial charge in [0.1, 0.15) is 0 Å². The summed E-state index contributed by atoms with van der Waals surface area (Å²) in [6, 6.07) is 55.8. The van der Waals surface area contributed by atoms with E-state index in [1.165, 1.54) is 11.1 Å². The number of rotatable bonds is 12. The molecule has 6 aromatic carbocycles. The number of benzene rings is 6. The fraction of sp³-hybridized carbons (Fsp3) is 0.0930. The number of hydrogen-bond donors (Lipinski definition) is 2. The van der Waals surface area contributed by atoms with Crippen molar-refractivity contribution in [1.29, 1.82) is 0 Å². The molecule has 0 aliphatic carbocycles. The molecule has 0 amide bonds. The highest BCUT2D eigenvalue weighted by Crippen LogP contribution is 2.31. The van der Waals surface area contributed by atoms with Crippen molar-refractivity contribution >= 4 is 57.7 Å². The van der Waals surface area contributed by atoms with Gasteiger partial charge in [-0.3, -0.25) is 0 Å². The van der Waals surface area contributed by atoms with Gasteiger partial charge in [-0.15, -0.1) is 0 Å². The van der Waals surface area contributed by atoms with E-state index in [0.717, 1.165) is 46.2 Å². The third-order valence-electron chi connectivity index (χ3n) is 8.71. The Bertz CT molecular complexity index is 1880. The van der Waals surface area contributed by atoms with Crippen LogP contribution in [-0.4, -0.2) is 36.1 Å². The predicted octanol–water partition coefficient (Wildman–Crippen LogP) is 10.3. The third kappa shape index (κ3) is 8.14. The van der Waals surface area contributed by atoms with Crippen LogP contribution in [0.2, 0.25) is 0 Å². The van der Waals surface area contributed by atoms with Gasteiger partial charge in [0, 0.05) is 61.0 Å². The van der Waals surface area contributed by atoms with Gasteiger partial charge in [0.15, 0.2) is 0 Å². The maximum Gasteiger partial charge on any atom is 0.236 e. The number of aromatic nitrogens is 3. The number of hydrogen-bond acceptors (Lipinski definition) is 8. The lowest BCUT2D eigenvalue weighted by Gasteiger charge is -2.25. The largest absolute Gasteiger partial charge is 0.356 e. The molecule has 0 unspecified atom stereocenters. The smallest absolute Gasteiger partial charge is 0.236 e. The molecule has 0 fully saturated rings. The first kappa shape index (κ1) is 32.9. The Hall–Kier alpha value is -6.67. The minimum absolute atomic E-state index is 0.528. The molecule has 252 valence electrons. The lowest BCUT2D eigenvalue weighted by Crippen LogP contribution is -2.22. The predicted molar refractivity (Wildman–Crippen MR) is 212 cm³/mol. The van der Waals surface area contributed by atoms with Crippen molar-refractivity contribution < 1.29 is 0 Å².